The van der Waals surface area contributed by atoms with Crippen molar-refractivity contribution >= 4 is 41.0 Å². The molecule has 0 bridgehead atoms. The van der Waals surface area contributed by atoms with Crippen LogP contribution in [0.15, 0.2) is 18.2 Å². The van der Waals surface area contributed by atoms with Gasteiger partial charge >= 0.3 is 0 Å². The second-order valence-electron chi connectivity index (χ2n) is 11.9. The molecule has 10 heteroatoms. The van der Waals surface area contributed by atoms with Crippen molar-refractivity contribution in [2.24, 2.45) is 0 Å². The number of quaternary nitrogens is 1. The lowest BCUT2D eigenvalue weighted by Gasteiger charge is -2.27. The van der Waals surface area contributed by atoms with Crippen molar-refractivity contribution in [1.82, 2.24) is 10.2 Å². The van der Waals surface area contributed by atoms with E-state index in [1.807, 2.05) is 0 Å². The third kappa shape index (κ3) is 15.1. The Morgan fingerprint density at radius 3 is 2.09 bits per heavy atom. The fourth-order valence-electron chi connectivity index (χ4n) is 5.91. The third-order valence-electron chi connectivity index (χ3n) is 8.42. The maximum Gasteiger partial charge on any atom is 0.251 e. The molecule has 1 atom stereocenters. The van der Waals surface area contributed by atoms with Crippen molar-refractivity contribution in [3.63, 3.8) is 0 Å². The molecule has 2 saturated carbocycles. The van der Waals surface area contributed by atoms with Gasteiger partial charge in [-0.3, -0.25) is 9.59 Å². The molecule has 2 amide bonds. The summed E-state index contributed by atoms with van der Waals surface area (Å²) >= 11 is 11.7. The van der Waals surface area contributed by atoms with Crippen molar-refractivity contribution in [3.8, 4) is 0 Å². The molecule has 0 radical (unpaired) electrons. The first-order valence-electron chi connectivity index (χ1n) is 16.3. The Hall–Kier alpha value is -1.87. The van der Waals surface area contributed by atoms with Gasteiger partial charge in [0.15, 0.2) is 0 Å². The molecule has 43 heavy (non-hydrogen) atoms. The summed E-state index contributed by atoms with van der Waals surface area (Å²) in [5, 5.41) is 17.1. The Balaban J connectivity index is 0.000000407. The van der Waals surface area contributed by atoms with Crippen LogP contribution in [0, 0.1) is 0 Å². The summed E-state index contributed by atoms with van der Waals surface area (Å²) in [7, 11) is 1.60. The molecule has 2 aliphatic rings. The molecule has 0 aromatic heterocycles. The van der Waals surface area contributed by atoms with E-state index in [0.29, 0.717) is 26.1 Å². The largest absolute Gasteiger partial charge is 0.548 e. The van der Waals surface area contributed by atoms with E-state index in [1.165, 1.54) is 82.4 Å². The Labute approximate surface area is 268 Å². The molecule has 8 nitrogen and oxygen atoms in total. The van der Waals surface area contributed by atoms with E-state index < -0.39 is 17.9 Å². The summed E-state index contributed by atoms with van der Waals surface area (Å²) in [6.07, 6.45) is 18.5. The van der Waals surface area contributed by atoms with E-state index in [-0.39, 0.29) is 34.4 Å². The first kappa shape index (κ1) is 37.3. The van der Waals surface area contributed by atoms with E-state index in [2.05, 4.69) is 17.6 Å². The molecule has 0 saturated heterocycles. The summed E-state index contributed by atoms with van der Waals surface area (Å²) in [6.45, 7) is 3.78. The van der Waals surface area contributed by atoms with Gasteiger partial charge in [0.05, 0.1) is 34.1 Å². The molecule has 0 spiro atoms. The average Bonchev–Trinajstić information content (AvgIpc) is 3.01. The van der Waals surface area contributed by atoms with Crippen molar-refractivity contribution < 1.29 is 29.5 Å². The third-order valence-corrected chi connectivity index (χ3v) is 9.16. The second kappa shape index (κ2) is 21.8. The number of halogens is 2. The normalized spacial score (nSPS) is 16.6. The summed E-state index contributed by atoms with van der Waals surface area (Å²) in [5.41, 5.74) is 0.169. The van der Waals surface area contributed by atoms with E-state index in [4.69, 9.17) is 27.9 Å². The minimum atomic E-state index is -1.45. The molecule has 0 heterocycles. The standard InChI is InChI=1S/C21H30Cl2N2O5.C12H23N/c1-3-4-5-11-25(12-6-13-30-2)19(26)10-9-18(21(28)29)24-20(27)15-7-8-16(22)17(23)14-15;1-3-7-11(8-4-1)13-12-9-5-2-6-10-12/h7-8,14,18H,3-6,9-13H2,1-2H3,(H,24,27)(H,28,29);11-13H,1-10H2/t18-;/m0./s1. The van der Waals surface area contributed by atoms with Crippen LogP contribution in [0.1, 0.15) is 120 Å². The quantitative estimate of drug-likeness (QED) is 0.249. The number of carbonyl (C=O) groups is 3. The summed E-state index contributed by atoms with van der Waals surface area (Å²) in [5.74, 6) is -2.24. The fraction of sp³-hybridized carbons (Fsp3) is 0.727. The van der Waals surface area contributed by atoms with Gasteiger partial charge in [0.2, 0.25) is 5.91 Å². The molecule has 244 valence electrons. The predicted molar refractivity (Wildman–Crippen MR) is 170 cm³/mol. The van der Waals surface area contributed by atoms with Gasteiger partial charge in [0.1, 0.15) is 0 Å². The highest BCUT2D eigenvalue weighted by Gasteiger charge is 2.23. The second-order valence-corrected chi connectivity index (χ2v) is 12.7. The Kier molecular flexibility index (Phi) is 18.9. The predicted octanol–water partition coefficient (Wildman–Crippen LogP) is 4.89. The lowest BCUT2D eigenvalue weighted by atomic mass is 9.91. The molecule has 0 unspecified atom stereocenters. The number of hydrogen-bond donors (Lipinski definition) is 2. The highest BCUT2D eigenvalue weighted by molar-refractivity contribution is 6.42. The Bertz CT molecular complexity index is 942. The fourth-order valence-corrected chi connectivity index (χ4v) is 6.20. The minimum Gasteiger partial charge on any atom is -0.548 e. The first-order valence-corrected chi connectivity index (χ1v) is 17.1. The number of nitrogens with one attached hydrogen (secondary N) is 1. The van der Waals surface area contributed by atoms with Gasteiger partial charge < -0.3 is 30.2 Å². The van der Waals surface area contributed by atoms with Crippen LogP contribution >= 0.6 is 23.2 Å². The number of aliphatic carboxylic acids is 1. The topological polar surface area (TPSA) is 115 Å². The van der Waals surface area contributed by atoms with Gasteiger partial charge in [-0.15, -0.1) is 0 Å². The van der Waals surface area contributed by atoms with Crippen LogP contribution < -0.4 is 15.7 Å². The number of carbonyl (C=O) groups excluding carboxylic acids is 3. The van der Waals surface area contributed by atoms with E-state index in [0.717, 1.165) is 31.3 Å². The summed E-state index contributed by atoms with van der Waals surface area (Å²) < 4.78 is 5.04. The molecule has 2 fully saturated rings. The monoisotopic (exact) mass is 641 g/mol. The summed E-state index contributed by atoms with van der Waals surface area (Å²) in [6, 6.07) is 4.93. The number of unbranched alkanes of at least 4 members (excludes halogenated alkanes) is 2. The van der Waals surface area contributed by atoms with Gasteiger partial charge in [-0.2, -0.15) is 0 Å². The maximum absolute atomic E-state index is 12.6. The van der Waals surface area contributed by atoms with Gasteiger partial charge in [0.25, 0.3) is 5.91 Å². The van der Waals surface area contributed by atoms with Gasteiger partial charge in [-0.25, -0.2) is 0 Å². The molecule has 0 aliphatic heterocycles. The molecule has 2 aliphatic carbocycles. The van der Waals surface area contributed by atoms with E-state index >= 15 is 0 Å². The van der Waals surface area contributed by atoms with Gasteiger partial charge in [-0.05, 0) is 88.8 Å². The van der Waals surface area contributed by atoms with Crippen LogP contribution in [-0.2, 0) is 14.3 Å². The lowest BCUT2D eigenvalue weighted by molar-refractivity contribution is -0.725. The number of ether oxygens (including phenoxy) is 1. The van der Waals surface area contributed by atoms with Gasteiger partial charge in [-0.1, -0.05) is 55.8 Å². The number of carboxylic acids is 1. The van der Waals surface area contributed by atoms with Crippen LogP contribution in [-0.4, -0.2) is 67.6 Å². The molecule has 1 aromatic carbocycles. The Morgan fingerprint density at radius 1 is 0.953 bits per heavy atom. The number of carboxylic acid groups (broad SMARTS) is 1. The molecule has 3 N–H and O–H groups in total. The number of rotatable bonds is 16. The number of amides is 2. The van der Waals surface area contributed by atoms with E-state index in [9.17, 15) is 19.5 Å². The maximum atomic E-state index is 12.6. The minimum absolute atomic E-state index is 0.0145. The molecule has 3 rings (SSSR count). The van der Waals surface area contributed by atoms with Crippen LogP contribution in [0.5, 0.6) is 0 Å². The smallest absolute Gasteiger partial charge is 0.251 e. The lowest BCUT2D eigenvalue weighted by Crippen LogP contribution is -2.95. The van der Waals surface area contributed by atoms with Crippen LogP contribution in [0.25, 0.3) is 0 Å². The Morgan fingerprint density at radius 2 is 1.56 bits per heavy atom. The number of hydrogen-bond acceptors (Lipinski definition) is 5. The molecular formula is C33H53Cl2N3O5. The number of methoxy groups -OCH3 is 1. The van der Waals surface area contributed by atoms with Crippen molar-refractivity contribution in [2.45, 2.75) is 128 Å². The van der Waals surface area contributed by atoms with Crippen molar-refractivity contribution in [1.29, 1.82) is 0 Å². The zero-order valence-corrected chi connectivity index (χ0v) is 27.7. The average molecular weight is 643 g/mol. The van der Waals surface area contributed by atoms with Crippen LogP contribution in [0.3, 0.4) is 0 Å². The molecular weight excluding hydrogens is 589 g/mol. The van der Waals surface area contributed by atoms with Gasteiger partial charge in [0, 0.05) is 38.8 Å². The number of benzene rings is 1. The number of nitrogens with zero attached hydrogens (tertiary/aromatic N) is 1. The highest BCUT2D eigenvalue weighted by Crippen LogP contribution is 2.23. The zero-order chi connectivity index (χ0) is 31.5. The van der Waals surface area contributed by atoms with Crippen LogP contribution in [0.2, 0.25) is 10.0 Å². The van der Waals surface area contributed by atoms with E-state index in [1.54, 1.807) is 12.0 Å². The number of nitrogens with two attached hydrogens (primary N) is 1. The van der Waals surface area contributed by atoms with Crippen LogP contribution in [0.4, 0.5) is 0 Å². The highest BCUT2D eigenvalue weighted by atomic mass is 35.5. The van der Waals surface area contributed by atoms with Crippen molar-refractivity contribution in [2.75, 3.05) is 26.8 Å². The zero-order valence-electron chi connectivity index (χ0n) is 26.2. The van der Waals surface area contributed by atoms with Crippen molar-refractivity contribution in [3.05, 3.63) is 33.8 Å². The first-order chi connectivity index (χ1) is 20.7. The SMILES string of the molecule is C1CCC([NH2+]C2CCCCC2)CC1.CCCCCN(CCCOC)C(=O)CC[C@H](NC(=O)c1ccc(Cl)c(Cl)c1)C(=O)[O-]. The summed E-state index contributed by atoms with van der Waals surface area (Å²) in [4.78, 5) is 38.2. The molecule has 1 aromatic rings.